The van der Waals surface area contributed by atoms with Gasteiger partial charge in [-0.3, -0.25) is 4.79 Å². The van der Waals surface area contributed by atoms with Crippen molar-refractivity contribution in [3.8, 4) is 11.5 Å². The molecule has 0 aliphatic heterocycles. The molecule has 0 saturated heterocycles. The second kappa shape index (κ2) is 10.4. The van der Waals surface area contributed by atoms with Crippen molar-refractivity contribution in [2.75, 3.05) is 13.7 Å². The van der Waals surface area contributed by atoms with Gasteiger partial charge in [0, 0.05) is 6.42 Å². The summed E-state index contributed by atoms with van der Waals surface area (Å²) in [4.78, 5) is 25.2. The third-order valence-corrected chi connectivity index (χ3v) is 17.7. The van der Waals surface area contributed by atoms with Crippen LogP contribution >= 0.6 is 17.9 Å². The van der Waals surface area contributed by atoms with Crippen LogP contribution in [0.2, 0.25) is 0 Å². The van der Waals surface area contributed by atoms with Gasteiger partial charge in [-0.2, -0.15) is 0 Å². The van der Waals surface area contributed by atoms with Crippen LogP contribution in [0.15, 0.2) is 48.5 Å². The van der Waals surface area contributed by atoms with E-state index in [1.54, 1.807) is 19.2 Å². The molecule has 4 aliphatic rings. The molecule has 0 heterocycles. The number of carbonyl (C=O) groups excluding carboxylic acids is 2. The van der Waals surface area contributed by atoms with Crippen LogP contribution in [-0.2, 0) is 19.1 Å². The van der Waals surface area contributed by atoms with Gasteiger partial charge in [0.1, 0.15) is 0 Å². The van der Waals surface area contributed by atoms with E-state index in [0.717, 1.165) is 45.1 Å². The number of benzene rings is 2. The molecule has 9 heteroatoms. The van der Waals surface area contributed by atoms with Crippen molar-refractivity contribution in [1.82, 2.24) is 0 Å². The normalized spacial score (nSPS) is 30.0. The van der Waals surface area contributed by atoms with E-state index in [9.17, 15) is 9.59 Å². The van der Waals surface area contributed by atoms with Gasteiger partial charge in [0.15, 0.2) is 0 Å². The molecular weight excluding hydrogens is 643 g/mol. The van der Waals surface area contributed by atoms with Crippen molar-refractivity contribution in [3.63, 3.8) is 0 Å². The molecule has 38 heavy (non-hydrogen) atoms. The molecule has 0 aromatic heterocycles. The molecule has 4 bridgehead atoms. The second-order valence-electron chi connectivity index (χ2n) is 11.4. The van der Waals surface area contributed by atoms with Gasteiger partial charge in [0.05, 0.1) is 0 Å². The molecule has 0 spiro atoms. The number of hydrogen-bond donors (Lipinski definition) is 0. The summed E-state index contributed by atoms with van der Waals surface area (Å²) >= 11 is -3.55. The average molecular weight is 677 g/mol. The minimum absolute atomic E-state index is 0.00916. The molecule has 0 N–H and O–H groups in total. The van der Waals surface area contributed by atoms with Crippen molar-refractivity contribution < 1.29 is 28.5 Å². The van der Waals surface area contributed by atoms with E-state index in [1.807, 2.05) is 43.3 Å². The van der Waals surface area contributed by atoms with Crippen LogP contribution in [0.1, 0.15) is 58.8 Å². The topological polar surface area (TPSA) is 71.1 Å². The Morgan fingerprint density at radius 3 is 1.87 bits per heavy atom. The summed E-state index contributed by atoms with van der Waals surface area (Å²) in [5.74, 6) is 1.09. The molecule has 0 amide bonds. The standard InChI is InChI=1S/C29H34Cl2O6Te/c1-4-25(32)36-28-14-20-13-27(2,17-28)18-29(15-20,19-28)37-26(33)16-35-22-7-11-24(12-8-22)38(30,31)23-9-5-21(34-3)6-10-23/h5-12,20H,4,13-19H2,1-3H3. The fraction of sp³-hybridized carbons (Fsp3) is 0.517. The van der Waals surface area contributed by atoms with E-state index >= 15 is 0 Å². The molecule has 4 unspecified atom stereocenters. The summed E-state index contributed by atoms with van der Waals surface area (Å²) in [5.41, 5.74) is -1.12. The minimum atomic E-state index is -3.55. The third kappa shape index (κ3) is 5.63. The van der Waals surface area contributed by atoms with Crippen LogP contribution in [-0.4, -0.2) is 52.8 Å². The quantitative estimate of drug-likeness (QED) is 0.273. The van der Waals surface area contributed by atoms with E-state index in [4.69, 9.17) is 36.9 Å². The summed E-state index contributed by atoms with van der Waals surface area (Å²) in [6.07, 6.45) is 5.33. The fourth-order valence-electron chi connectivity index (χ4n) is 7.27. The number of carbonyl (C=O) groups is 2. The molecular formula is C29H34Cl2O6Te. The monoisotopic (exact) mass is 678 g/mol. The van der Waals surface area contributed by atoms with Crippen LogP contribution in [0, 0.1) is 11.3 Å². The first kappa shape index (κ1) is 27.9. The molecule has 4 fully saturated rings. The molecule has 0 radical (unpaired) electrons. The van der Waals surface area contributed by atoms with E-state index in [0.29, 0.717) is 24.5 Å². The van der Waals surface area contributed by atoms with Crippen molar-refractivity contribution in [2.45, 2.75) is 70.0 Å². The van der Waals surface area contributed by atoms with E-state index in [-0.39, 0.29) is 18.0 Å². The first-order chi connectivity index (χ1) is 18.0. The zero-order valence-electron chi connectivity index (χ0n) is 22.0. The zero-order valence-corrected chi connectivity index (χ0v) is 25.8. The van der Waals surface area contributed by atoms with Crippen LogP contribution in [0.5, 0.6) is 11.5 Å². The van der Waals surface area contributed by atoms with Crippen LogP contribution in [0.4, 0.5) is 0 Å². The molecule has 6 nitrogen and oxygen atoms in total. The summed E-state index contributed by atoms with van der Waals surface area (Å²) < 4.78 is 24.9. The van der Waals surface area contributed by atoms with Gasteiger partial charge in [-0.15, -0.1) is 0 Å². The Labute approximate surface area is 235 Å². The number of ether oxygens (including phenoxy) is 4. The molecule has 2 aromatic carbocycles. The van der Waals surface area contributed by atoms with Gasteiger partial charge >= 0.3 is 219 Å². The third-order valence-electron chi connectivity index (χ3n) is 8.03. The Hall–Kier alpha value is -1.65. The van der Waals surface area contributed by atoms with Crippen LogP contribution in [0.3, 0.4) is 0 Å². The number of halogens is 2. The molecule has 2 aromatic rings. The Balaban J connectivity index is 1.21. The van der Waals surface area contributed by atoms with Crippen molar-refractivity contribution in [3.05, 3.63) is 48.5 Å². The zero-order chi connectivity index (χ0) is 27.2. The van der Waals surface area contributed by atoms with Crippen molar-refractivity contribution in [1.29, 1.82) is 0 Å². The predicted molar refractivity (Wildman–Crippen MR) is 149 cm³/mol. The Kier molecular flexibility index (Phi) is 7.63. The van der Waals surface area contributed by atoms with Gasteiger partial charge in [-0.1, -0.05) is 6.92 Å². The predicted octanol–water partition coefficient (Wildman–Crippen LogP) is 5.09. The maximum atomic E-state index is 13.0. The summed E-state index contributed by atoms with van der Waals surface area (Å²) in [6, 6.07) is 14.8. The molecule has 4 aliphatic carbocycles. The number of esters is 2. The Morgan fingerprint density at radius 2 is 1.37 bits per heavy atom. The average Bonchev–Trinajstić information content (AvgIpc) is 2.85. The molecule has 4 atom stereocenters. The summed E-state index contributed by atoms with van der Waals surface area (Å²) in [6.45, 7) is 3.85. The van der Waals surface area contributed by atoms with E-state index < -0.39 is 33.1 Å². The van der Waals surface area contributed by atoms with Gasteiger partial charge < -0.3 is 0 Å². The van der Waals surface area contributed by atoms with Gasteiger partial charge in [0.25, 0.3) is 0 Å². The fourth-order valence-corrected chi connectivity index (χ4v) is 13.5. The molecule has 6 rings (SSSR count). The van der Waals surface area contributed by atoms with Gasteiger partial charge in [-0.05, 0) is 0 Å². The summed E-state index contributed by atoms with van der Waals surface area (Å²) in [7, 11) is 15.3. The van der Waals surface area contributed by atoms with Gasteiger partial charge in [-0.25, -0.2) is 0 Å². The first-order valence-corrected chi connectivity index (χ1v) is 21.2. The summed E-state index contributed by atoms with van der Waals surface area (Å²) in [5, 5.41) is 0. The number of methoxy groups -OCH3 is 1. The SMILES string of the molecule is CCC(=O)OC12CC3CC(C)(C1)CC(OC(=O)COc1ccc([Te](Cl)(Cl)c4ccc(OC)cc4)cc1)(C3)C2. The van der Waals surface area contributed by atoms with E-state index in [1.165, 1.54) is 0 Å². The van der Waals surface area contributed by atoms with Crippen molar-refractivity contribution >= 4 is 53.0 Å². The Bertz CT molecular complexity index is 1200. The first-order valence-electron chi connectivity index (χ1n) is 13.0. The molecule has 4 saturated carbocycles. The molecule has 206 valence electrons. The number of rotatable bonds is 9. The van der Waals surface area contributed by atoms with Crippen LogP contribution < -0.4 is 16.7 Å². The van der Waals surface area contributed by atoms with Gasteiger partial charge in [0.2, 0.25) is 0 Å². The number of hydrogen-bond acceptors (Lipinski definition) is 6. The van der Waals surface area contributed by atoms with E-state index in [2.05, 4.69) is 6.92 Å². The second-order valence-corrected chi connectivity index (χ2v) is 24.0. The Morgan fingerprint density at radius 1 is 0.842 bits per heavy atom. The maximum absolute atomic E-state index is 13.0. The van der Waals surface area contributed by atoms with Crippen LogP contribution in [0.25, 0.3) is 0 Å². The van der Waals surface area contributed by atoms with Crippen molar-refractivity contribution in [2.24, 2.45) is 11.3 Å².